The smallest absolute Gasteiger partial charge is 0.274 e. The Labute approximate surface area is 176 Å². The standard InChI is InChI=1S/C23H28N4O3/c28-21(26-16-18-4-2-1-3-5-18)14-19-6-13-30-23(15-19)7-11-27(12-8-23)22(29)20-17-24-9-10-25-20/h1-5,9-10,17,19H,6-8,11-16H2,(H,26,28). The highest BCUT2D eigenvalue weighted by atomic mass is 16.5. The van der Waals surface area contributed by atoms with Crippen LogP contribution in [0.4, 0.5) is 0 Å². The quantitative estimate of drug-likeness (QED) is 0.822. The maximum atomic E-state index is 12.6. The molecule has 1 spiro atoms. The van der Waals surface area contributed by atoms with Crippen LogP contribution >= 0.6 is 0 Å². The van der Waals surface area contributed by atoms with Crippen molar-refractivity contribution >= 4 is 11.8 Å². The zero-order valence-corrected chi connectivity index (χ0v) is 17.1. The number of aromatic nitrogens is 2. The van der Waals surface area contributed by atoms with Gasteiger partial charge in [-0.25, -0.2) is 4.98 Å². The molecular formula is C23H28N4O3. The lowest BCUT2D eigenvalue weighted by atomic mass is 9.78. The monoisotopic (exact) mass is 408 g/mol. The summed E-state index contributed by atoms with van der Waals surface area (Å²) in [6, 6.07) is 9.95. The molecule has 0 aliphatic carbocycles. The number of amides is 2. The number of likely N-dealkylation sites (tertiary alicyclic amines) is 1. The van der Waals surface area contributed by atoms with E-state index in [1.165, 1.54) is 12.4 Å². The van der Waals surface area contributed by atoms with Crippen LogP contribution in [0.3, 0.4) is 0 Å². The molecule has 0 bridgehead atoms. The number of hydrogen-bond acceptors (Lipinski definition) is 5. The molecule has 2 aliphatic heterocycles. The Hall–Kier alpha value is -2.80. The molecule has 1 aromatic carbocycles. The van der Waals surface area contributed by atoms with Crippen LogP contribution in [0.25, 0.3) is 0 Å². The van der Waals surface area contributed by atoms with Gasteiger partial charge in [-0.15, -0.1) is 0 Å². The van der Waals surface area contributed by atoms with E-state index in [4.69, 9.17) is 4.74 Å². The molecule has 7 nitrogen and oxygen atoms in total. The summed E-state index contributed by atoms with van der Waals surface area (Å²) >= 11 is 0. The molecule has 158 valence electrons. The van der Waals surface area contributed by atoms with Gasteiger partial charge in [0, 0.05) is 45.1 Å². The molecule has 2 aliphatic rings. The normalized spacial score (nSPS) is 20.7. The molecule has 30 heavy (non-hydrogen) atoms. The van der Waals surface area contributed by atoms with Gasteiger partial charge >= 0.3 is 0 Å². The Balaban J connectivity index is 1.26. The number of ether oxygens (including phenoxy) is 1. The van der Waals surface area contributed by atoms with Crippen molar-refractivity contribution in [3.63, 3.8) is 0 Å². The van der Waals surface area contributed by atoms with E-state index in [9.17, 15) is 9.59 Å². The second-order valence-corrected chi connectivity index (χ2v) is 8.24. The highest BCUT2D eigenvalue weighted by Gasteiger charge is 2.41. The Morgan fingerprint density at radius 1 is 1.17 bits per heavy atom. The average Bonchev–Trinajstić information content (AvgIpc) is 2.79. The third-order valence-electron chi connectivity index (χ3n) is 6.15. The van der Waals surface area contributed by atoms with Gasteiger partial charge < -0.3 is 15.0 Å². The first-order valence-electron chi connectivity index (χ1n) is 10.6. The molecular weight excluding hydrogens is 380 g/mol. The van der Waals surface area contributed by atoms with E-state index < -0.39 is 0 Å². The number of nitrogens with one attached hydrogen (secondary N) is 1. The molecule has 3 heterocycles. The molecule has 2 fully saturated rings. The lowest BCUT2D eigenvalue weighted by Crippen LogP contribution is -2.51. The topological polar surface area (TPSA) is 84.4 Å². The minimum atomic E-state index is -0.220. The Morgan fingerprint density at radius 3 is 2.70 bits per heavy atom. The molecule has 1 unspecified atom stereocenters. The first-order chi connectivity index (χ1) is 14.6. The van der Waals surface area contributed by atoms with E-state index in [0.717, 1.165) is 31.2 Å². The molecule has 7 heteroatoms. The third kappa shape index (κ3) is 5.02. The summed E-state index contributed by atoms with van der Waals surface area (Å²) in [6.07, 6.45) is 8.50. The highest BCUT2D eigenvalue weighted by Crippen LogP contribution is 2.39. The van der Waals surface area contributed by atoms with Gasteiger partial charge in [0.05, 0.1) is 11.8 Å². The number of piperidine rings is 1. The van der Waals surface area contributed by atoms with E-state index in [1.54, 1.807) is 6.20 Å². The van der Waals surface area contributed by atoms with Crippen LogP contribution in [-0.4, -0.2) is 52.0 Å². The van der Waals surface area contributed by atoms with E-state index >= 15 is 0 Å². The summed E-state index contributed by atoms with van der Waals surface area (Å²) in [6.45, 7) is 2.52. The Bertz CT molecular complexity index is 851. The van der Waals surface area contributed by atoms with Crippen LogP contribution in [0.2, 0.25) is 0 Å². The molecule has 4 rings (SSSR count). The third-order valence-corrected chi connectivity index (χ3v) is 6.15. The van der Waals surface area contributed by atoms with Crippen molar-refractivity contribution in [3.05, 3.63) is 60.2 Å². The fourth-order valence-corrected chi connectivity index (χ4v) is 4.47. The van der Waals surface area contributed by atoms with Crippen molar-refractivity contribution < 1.29 is 14.3 Å². The first-order valence-corrected chi connectivity index (χ1v) is 10.6. The van der Waals surface area contributed by atoms with Crippen LogP contribution in [0, 0.1) is 5.92 Å². The zero-order chi connectivity index (χ0) is 20.8. The predicted molar refractivity (Wildman–Crippen MR) is 111 cm³/mol. The Kier molecular flexibility index (Phi) is 6.38. The second kappa shape index (κ2) is 9.34. The fourth-order valence-electron chi connectivity index (χ4n) is 4.47. The van der Waals surface area contributed by atoms with Crippen molar-refractivity contribution in [2.45, 2.75) is 44.2 Å². The van der Waals surface area contributed by atoms with Crippen LogP contribution in [-0.2, 0) is 16.1 Å². The number of benzene rings is 1. The van der Waals surface area contributed by atoms with E-state index in [2.05, 4.69) is 15.3 Å². The highest BCUT2D eigenvalue weighted by molar-refractivity contribution is 5.92. The SMILES string of the molecule is O=C(CC1CCOC2(CCN(C(=O)c3cnccn3)CC2)C1)NCc1ccccc1. The molecule has 0 radical (unpaired) electrons. The average molecular weight is 409 g/mol. The summed E-state index contributed by atoms with van der Waals surface area (Å²) in [4.78, 5) is 35.0. The lowest BCUT2D eigenvalue weighted by Gasteiger charge is -2.46. The summed E-state index contributed by atoms with van der Waals surface area (Å²) in [7, 11) is 0. The van der Waals surface area contributed by atoms with Crippen molar-refractivity contribution in [1.29, 1.82) is 0 Å². The number of carbonyl (C=O) groups excluding carboxylic acids is 2. The van der Waals surface area contributed by atoms with Gasteiger partial charge in [0.2, 0.25) is 5.91 Å². The van der Waals surface area contributed by atoms with E-state index in [-0.39, 0.29) is 17.4 Å². The molecule has 0 saturated carbocycles. The maximum Gasteiger partial charge on any atom is 0.274 e. The predicted octanol–water partition coefficient (Wildman–Crippen LogP) is 2.58. The minimum absolute atomic E-state index is 0.0781. The molecule has 1 atom stereocenters. The van der Waals surface area contributed by atoms with Crippen LogP contribution < -0.4 is 5.32 Å². The number of rotatable bonds is 5. The fraction of sp³-hybridized carbons (Fsp3) is 0.478. The number of nitrogens with zero attached hydrogens (tertiary/aromatic N) is 3. The van der Waals surface area contributed by atoms with E-state index in [0.29, 0.717) is 44.3 Å². The Morgan fingerprint density at radius 2 is 1.97 bits per heavy atom. The molecule has 2 aromatic rings. The molecule has 1 aromatic heterocycles. The molecule has 2 saturated heterocycles. The van der Waals surface area contributed by atoms with Gasteiger partial charge in [-0.05, 0) is 37.2 Å². The summed E-state index contributed by atoms with van der Waals surface area (Å²) in [5.41, 5.74) is 1.27. The van der Waals surface area contributed by atoms with Crippen LogP contribution in [0.5, 0.6) is 0 Å². The van der Waals surface area contributed by atoms with E-state index in [1.807, 2.05) is 35.2 Å². The van der Waals surface area contributed by atoms with Crippen molar-refractivity contribution in [2.24, 2.45) is 5.92 Å². The van der Waals surface area contributed by atoms with Gasteiger partial charge in [0.15, 0.2) is 0 Å². The van der Waals surface area contributed by atoms with Gasteiger partial charge in [-0.2, -0.15) is 0 Å². The minimum Gasteiger partial charge on any atom is -0.375 e. The largest absolute Gasteiger partial charge is 0.375 e. The van der Waals surface area contributed by atoms with Gasteiger partial charge in [-0.3, -0.25) is 14.6 Å². The lowest BCUT2D eigenvalue weighted by molar-refractivity contribution is -0.134. The first kappa shape index (κ1) is 20.5. The van der Waals surface area contributed by atoms with Crippen molar-refractivity contribution in [2.75, 3.05) is 19.7 Å². The van der Waals surface area contributed by atoms with Gasteiger partial charge in [0.1, 0.15) is 5.69 Å². The molecule has 1 N–H and O–H groups in total. The maximum absolute atomic E-state index is 12.6. The number of hydrogen-bond donors (Lipinski definition) is 1. The number of carbonyl (C=O) groups is 2. The molecule has 2 amide bonds. The van der Waals surface area contributed by atoms with Crippen LogP contribution in [0.15, 0.2) is 48.9 Å². The van der Waals surface area contributed by atoms with Crippen molar-refractivity contribution in [1.82, 2.24) is 20.2 Å². The van der Waals surface area contributed by atoms with Gasteiger partial charge in [0.25, 0.3) is 5.91 Å². The summed E-state index contributed by atoms with van der Waals surface area (Å²) < 4.78 is 6.18. The summed E-state index contributed by atoms with van der Waals surface area (Å²) in [5.74, 6) is 0.332. The second-order valence-electron chi connectivity index (χ2n) is 8.24. The van der Waals surface area contributed by atoms with Gasteiger partial charge in [-0.1, -0.05) is 30.3 Å². The summed E-state index contributed by atoms with van der Waals surface area (Å²) in [5, 5.41) is 3.03. The zero-order valence-electron chi connectivity index (χ0n) is 17.1. The van der Waals surface area contributed by atoms with Crippen LogP contribution in [0.1, 0.15) is 48.2 Å². The van der Waals surface area contributed by atoms with Crippen molar-refractivity contribution in [3.8, 4) is 0 Å².